The Kier molecular flexibility index (Phi) is 4.51. The van der Waals surface area contributed by atoms with Crippen molar-refractivity contribution in [3.63, 3.8) is 0 Å². The summed E-state index contributed by atoms with van der Waals surface area (Å²) in [6.07, 6.45) is 1.04. The van der Waals surface area contributed by atoms with Gasteiger partial charge in [0.2, 0.25) is 0 Å². The molecule has 1 aromatic carbocycles. The van der Waals surface area contributed by atoms with Crippen LogP contribution in [-0.2, 0) is 6.42 Å². The summed E-state index contributed by atoms with van der Waals surface area (Å²) in [6, 6.07) is 8.30. The third-order valence-corrected chi connectivity index (χ3v) is 3.51. The number of piperazine rings is 1. The number of hydrogen-bond acceptors (Lipinski definition) is 2. The van der Waals surface area contributed by atoms with Crippen LogP contribution in [0.4, 0.5) is 4.39 Å². The second-order valence-corrected chi connectivity index (χ2v) is 4.55. The summed E-state index contributed by atoms with van der Waals surface area (Å²) in [5.41, 5.74) is 2.42. The molecule has 1 N–H and O–H groups in total. The molecule has 0 radical (unpaired) electrons. The fourth-order valence-electron chi connectivity index (χ4n) is 2.37. The molecule has 0 unspecified atom stereocenters. The number of aryl methyl sites for hydroxylation is 1. The summed E-state index contributed by atoms with van der Waals surface area (Å²) in [7, 11) is 0. The van der Waals surface area contributed by atoms with Crippen molar-refractivity contribution in [3.05, 3.63) is 35.4 Å². The normalized spacial score (nSPS) is 19.2. The zero-order valence-corrected chi connectivity index (χ0v) is 10.5. The second-order valence-electron chi connectivity index (χ2n) is 4.55. The van der Waals surface area contributed by atoms with Crippen LogP contribution in [-0.4, -0.2) is 37.8 Å². The van der Waals surface area contributed by atoms with Crippen LogP contribution in [0.5, 0.6) is 0 Å². The van der Waals surface area contributed by atoms with E-state index < -0.39 is 0 Å². The summed E-state index contributed by atoms with van der Waals surface area (Å²) >= 11 is 0. The van der Waals surface area contributed by atoms with Crippen molar-refractivity contribution in [2.75, 3.05) is 32.9 Å². The zero-order valence-electron chi connectivity index (χ0n) is 10.5. The van der Waals surface area contributed by atoms with Gasteiger partial charge in [0.15, 0.2) is 0 Å². The van der Waals surface area contributed by atoms with Gasteiger partial charge >= 0.3 is 0 Å². The Balaban J connectivity index is 2.10. The van der Waals surface area contributed by atoms with E-state index in [2.05, 4.69) is 41.4 Å². The highest BCUT2D eigenvalue weighted by atomic mass is 19.1. The number of nitrogens with zero attached hydrogens (tertiary/aromatic N) is 1. The predicted molar refractivity (Wildman–Crippen MR) is 69.0 cm³/mol. The van der Waals surface area contributed by atoms with E-state index in [0.29, 0.717) is 0 Å². The molecule has 0 amide bonds. The first-order valence-electron chi connectivity index (χ1n) is 6.44. The number of hydrogen-bond donors (Lipinski definition) is 1. The lowest BCUT2D eigenvalue weighted by Gasteiger charge is -2.33. The SMILES string of the molecule is CCc1ccc([C@H](CF)N2CCNCC2)cc1. The maximum Gasteiger partial charge on any atom is 0.109 e. The second kappa shape index (κ2) is 6.12. The Morgan fingerprint density at radius 3 is 2.41 bits per heavy atom. The highest BCUT2D eigenvalue weighted by molar-refractivity contribution is 5.25. The summed E-state index contributed by atoms with van der Waals surface area (Å²) in [5, 5.41) is 3.30. The standard InChI is InChI=1S/C14H21FN2/c1-2-12-3-5-13(6-4-12)14(11-15)17-9-7-16-8-10-17/h3-6,14,16H,2,7-11H2,1H3/t14-/m0/s1. The average molecular weight is 236 g/mol. The van der Waals surface area contributed by atoms with Gasteiger partial charge in [-0.25, -0.2) is 4.39 Å². The van der Waals surface area contributed by atoms with Crippen LogP contribution >= 0.6 is 0 Å². The Hall–Kier alpha value is -0.930. The van der Waals surface area contributed by atoms with E-state index in [0.717, 1.165) is 38.2 Å². The quantitative estimate of drug-likeness (QED) is 0.862. The van der Waals surface area contributed by atoms with Gasteiger partial charge in [0.05, 0.1) is 6.04 Å². The molecule has 1 heterocycles. The lowest BCUT2D eigenvalue weighted by atomic mass is 10.0. The molecule has 1 atom stereocenters. The molecule has 0 saturated carbocycles. The Labute approximate surface area is 103 Å². The average Bonchev–Trinajstić information content (AvgIpc) is 2.42. The van der Waals surface area contributed by atoms with Crippen molar-refractivity contribution < 1.29 is 4.39 Å². The van der Waals surface area contributed by atoms with Gasteiger partial charge < -0.3 is 5.32 Å². The molecule has 17 heavy (non-hydrogen) atoms. The third-order valence-electron chi connectivity index (χ3n) is 3.51. The lowest BCUT2D eigenvalue weighted by molar-refractivity contribution is 0.147. The molecule has 0 aliphatic carbocycles. The van der Waals surface area contributed by atoms with E-state index in [1.165, 1.54) is 5.56 Å². The summed E-state index contributed by atoms with van der Waals surface area (Å²) < 4.78 is 13.2. The molecule has 1 aromatic rings. The van der Waals surface area contributed by atoms with Crippen LogP contribution in [0.25, 0.3) is 0 Å². The van der Waals surface area contributed by atoms with Crippen LogP contribution < -0.4 is 5.32 Å². The fraction of sp³-hybridized carbons (Fsp3) is 0.571. The maximum atomic E-state index is 13.2. The van der Waals surface area contributed by atoms with Crippen molar-refractivity contribution in [2.45, 2.75) is 19.4 Å². The number of alkyl halides is 1. The van der Waals surface area contributed by atoms with Gasteiger partial charge in [-0.2, -0.15) is 0 Å². The lowest BCUT2D eigenvalue weighted by Crippen LogP contribution is -2.45. The molecule has 3 heteroatoms. The van der Waals surface area contributed by atoms with Gasteiger partial charge in [-0.1, -0.05) is 31.2 Å². The Morgan fingerprint density at radius 2 is 1.88 bits per heavy atom. The van der Waals surface area contributed by atoms with Crippen molar-refractivity contribution in [3.8, 4) is 0 Å². The van der Waals surface area contributed by atoms with Crippen molar-refractivity contribution in [1.29, 1.82) is 0 Å². The van der Waals surface area contributed by atoms with Gasteiger partial charge in [-0.05, 0) is 17.5 Å². The molecule has 1 fully saturated rings. The summed E-state index contributed by atoms with van der Waals surface area (Å²) in [5.74, 6) is 0. The highest BCUT2D eigenvalue weighted by Crippen LogP contribution is 2.22. The topological polar surface area (TPSA) is 15.3 Å². The van der Waals surface area contributed by atoms with Gasteiger partial charge in [0.25, 0.3) is 0 Å². The van der Waals surface area contributed by atoms with E-state index in [4.69, 9.17) is 0 Å². The Morgan fingerprint density at radius 1 is 1.24 bits per heavy atom. The third kappa shape index (κ3) is 3.05. The van der Waals surface area contributed by atoms with Crippen LogP contribution in [0.3, 0.4) is 0 Å². The van der Waals surface area contributed by atoms with Crippen LogP contribution in [0, 0.1) is 0 Å². The molecule has 1 saturated heterocycles. The molecule has 0 spiro atoms. The first-order valence-corrected chi connectivity index (χ1v) is 6.44. The zero-order chi connectivity index (χ0) is 12.1. The molecule has 1 aliphatic heterocycles. The van der Waals surface area contributed by atoms with Gasteiger partial charge in [0.1, 0.15) is 6.67 Å². The first kappa shape index (κ1) is 12.5. The number of benzene rings is 1. The van der Waals surface area contributed by atoms with E-state index in [9.17, 15) is 4.39 Å². The maximum absolute atomic E-state index is 13.2. The van der Waals surface area contributed by atoms with Gasteiger partial charge in [-0.3, -0.25) is 4.90 Å². The summed E-state index contributed by atoms with van der Waals surface area (Å²) in [6.45, 7) is 5.63. The van der Waals surface area contributed by atoms with Crippen LogP contribution in [0.15, 0.2) is 24.3 Å². The molecular formula is C14H21FN2. The molecule has 2 nitrogen and oxygen atoms in total. The fourth-order valence-corrected chi connectivity index (χ4v) is 2.37. The molecule has 0 bridgehead atoms. The van der Waals surface area contributed by atoms with Gasteiger partial charge in [-0.15, -0.1) is 0 Å². The van der Waals surface area contributed by atoms with Crippen LogP contribution in [0.2, 0.25) is 0 Å². The Bertz CT molecular complexity index is 331. The monoisotopic (exact) mass is 236 g/mol. The smallest absolute Gasteiger partial charge is 0.109 e. The van der Waals surface area contributed by atoms with E-state index in [1.807, 2.05) is 0 Å². The number of nitrogens with one attached hydrogen (secondary N) is 1. The minimum atomic E-state index is -0.300. The molecule has 94 valence electrons. The van der Waals surface area contributed by atoms with Crippen molar-refractivity contribution >= 4 is 0 Å². The van der Waals surface area contributed by atoms with Crippen molar-refractivity contribution in [1.82, 2.24) is 10.2 Å². The van der Waals surface area contributed by atoms with E-state index >= 15 is 0 Å². The minimum Gasteiger partial charge on any atom is -0.314 e. The van der Waals surface area contributed by atoms with E-state index in [-0.39, 0.29) is 12.7 Å². The van der Waals surface area contributed by atoms with Crippen molar-refractivity contribution in [2.24, 2.45) is 0 Å². The predicted octanol–water partition coefficient (Wildman–Crippen LogP) is 2.16. The van der Waals surface area contributed by atoms with Crippen LogP contribution in [0.1, 0.15) is 24.1 Å². The largest absolute Gasteiger partial charge is 0.314 e. The first-order chi connectivity index (χ1) is 8.35. The van der Waals surface area contributed by atoms with Gasteiger partial charge in [0, 0.05) is 26.2 Å². The van der Waals surface area contributed by atoms with E-state index in [1.54, 1.807) is 0 Å². The molecule has 1 aliphatic rings. The molecular weight excluding hydrogens is 215 g/mol. The minimum absolute atomic E-state index is 0.0667. The number of halogens is 1. The summed E-state index contributed by atoms with van der Waals surface area (Å²) in [4.78, 5) is 2.23. The molecule has 2 rings (SSSR count). The molecule has 0 aromatic heterocycles. The highest BCUT2D eigenvalue weighted by Gasteiger charge is 2.21. The number of rotatable bonds is 4.